The lowest BCUT2D eigenvalue weighted by Gasteiger charge is -2.28. The molecule has 6 heteroatoms. The largest absolute Gasteiger partial charge is 0.493 e. The molecule has 136 valence electrons. The van der Waals surface area contributed by atoms with Gasteiger partial charge in [-0.05, 0) is 36.8 Å². The van der Waals surface area contributed by atoms with Crippen LogP contribution < -0.4 is 9.47 Å². The number of rotatable bonds is 5. The van der Waals surface area contributed by atoms with Gasteiger partial charge >= 0.3 is 0 Å². The standard InChI is InChI=1S/C20H23N3O2S/c1-4-25-16-9-8-14(11-17(16)24-3)19-18(15-7-5-6-10-21-15)22-20-23(19)12-13(2)26-20/h5-11,13,18-19H,4,12H2,1-3H3/t13-,18-,19-/m1/s1. The Morgan fingerprint density at radius 3 is 2.85 bits per heavy atom. The molecule has 0 amide bonds. The number of thioether (sulfide) groups is 1. The van der Waals surface area contributed by atoms with Gasteiger partial charge in [0.2, 0.25) is 0 Å². The van der Waals surface area contributed by atoms with Gasteiger partial charge in [-0.1, -0.05) is 30.8 Å². The molecule has 0 bridgehead atoms. The molecule has 1 saturated heterocycles. The average molecular weight is 369 g/mol. The number of hydrogen-bond acceptors (Lipinski definition) is 6. The van der Waals surface area contributed by atoms with E-state index in [0.717, 1.165) is 28.9 Å². The van der Waals surface area contributed by atoms with Crippen molar-refractivity contribution >= 4 is 16.9 Å². The molecule has 2 aromatic rings. The zero-order valence-corrected chi connectivity index (χ0v) is 16.1. The highest BCUT2D eigenvalue weighted by atomic mass is 32.2. The highest BCUT2D eigenvalue weighted by Crippen LogP contribution is 2.48. The van der Waals surface area contributed by atoms with Crippen molar-refractivity contribution in [1.29, 1.82) is 0 Å². The van der Waals surface area contributed by atoms with Crippen LogP contribution in [0.25, 0.3) is 0 Å². The van der Waals surface area contributed by atoms with E-state index in [2.05, 4.69) is 35.0 Å². The molecule has 1 aromatic carbocycles. The molecule has 2 aliphatic heterocycles. The van der Waals surface area contributed by atoms with E-state index >= 15 is 0 Å². The highest BCUT2D eigenvalue weighted by Gasteiger charge is 2.43. The Labute approximate surface area is 158 Å². The number of hydrogen-bond donors (Lipinski definition) is 0. The highest BCUT2D eigenvalue weighted by molar-refractivity contribution is 8.14. The summed E-state index contributed by atoms with van der Waals surface area (Å²) in [6, 6.07) is 12.4. The summed E-state index contributed by atoms with van der Waals surface area (Å²) in [5.41, 5.74) is 2.18. The maximum absolute atomic E-state index is 5.68. The van der Waals surface area contributed by atoms with Crippen molar-refractivity contribution in [2.45, 2.75) is 31.2 Å². The molecule has 5 nitrogen and oxygen atoms in total. The topological polar surface area (TPSA) is 47.0 Å². The van der Waals surface area contributed by atoms with Gasteiger partial charge in [0.25, 0.3) is 0 Å². The predicted molar refractivity (Wildman–Crippen MR) is 105 cm³/mol. The van der Waals surface area contributed by atoms with Gasteiger partial charge in [-0.3, -0.25) is 9.98 Å². The third kappa shape index (κ3) is 3.03. The Morgan fingerprint density at radius 2 is 2.12 bits per heavy atom. The number of aromatic nitrogens is 1. The smallest absolute Gasteiger partial charge is 0.161 e. The molecule has 0 aliphatic carbocycles. The van der Waals surface area contributed by atoms with Crippen molar-refractivity contribution in [1.82, 2.24) is 9.88 Å². The molecule has 0 unspecified atom stereocenters. The summed E-state index contributed by atoms with van der Waals surface area (Å²) in [6.07, 6.45) is 1.84. The summed E-state index contributed by atoms with van der Waals surface area (Å²) in [6.45, 7) is 5.83. The SMILES string of the molecule is CCOc1ccc([C@@H]2[C@@H](c3ccccn3)N=C3S[C@H](C)CN32)cc1OC. The van der Waals surface area contributed by atoms with Crippen LogP contribution >= 0.6 is 11.8 Å². The fraction of sp³-hybridized carbons (Fsp3) is 0.400. The van der Waals surface area contributed by atoms with Crippen molar-refractivity contribution in [3.05, 3.63) is 53.9 Å². The van der Waals surface area contributed by atoms with Crippen LogP contribution in [0.5, 0.6) is 11.5 Å². The lowest BCUT2D eigenvalue weighted by molar-refractivity contribution is 0.304. The molecule has 2 aliphatic rings. The van der Waals surface area contributed by atoms with E-state index in [-0.39, 0.29) is 12.1 Å². The van der Waals surface area contributed by atoms with Crippen LogP contribution in [-0.4, -0.2) is 40.6 Å². The summed E-state index contributed by atoms with van der Waals surface area (Å²) in [5, 5.41) is 1.66. The lowest BCUT2D eigenvalue weighted by atomic mass is 9.96. The van der Waals surface area contributed by atoms with Crippen LogP contribution in [0.15, 0.2) is 47.6 Å². The first kappa shape index (κ1) is 17.2. The summed E-state index contributed by atoms with van der Waals surface area (Å²) < 4.78 is 11.2. The van der Waals surface area contributed by atoms with Crippen LogP contribution in [0.1, 0.15) is 37.2 Å². The summed E-state index contributed by atoms with van der Waals surface area (Å²) >= 11 is 1.85. The van der Waals surface area contributed by atoms with E-state index < -0.39 is 0 Å². The minimum absolute atomic E-state index is 0.00569. The normalized spacial score (nSPS) is 24.3. The molecule has 0 radical (unpaired) electrons. The summed E-state index contributed by atoms with van der Waals surface area (Å²) in [7, 11) is 1.68. The Hall–Kier alpha value is -2.21. The second-order valence-corrected chi connectivity index (χ2v) is 7.89. The van der Waals surface area contributed by atoms with Gasteiger partial charge in [0.15, 0.2) is 16.7 Å². The summed E-state index contributed by atoms with van der Waals surface area (Å²) in [5.74, 6) is 1.54. The van der Waals surface area contributed by atoms with Crippen molar-refractivity contribution < 1.29 is 9.47 Å². The second-order valence-electron chi connectivity index (χ2n) is 6.48. The maximum Gasteiger partial charge on any atom is 0.161 e. The Morgan fingerprint density at radius 1 is 1.23 bits per heavy atom. The van der Waals surface area contributed by atoms with E-state index in [1.54, 1.807) is 7.11 Å². The van der Waals surface area contributed by atoms with Crippen molar-refractivity contribution in [3.8, 4) is 11.5 Å². The Bertz CT molecular complexity index is 812. The fourth-order valence-electron chi connectivity index (χ4n) is 3.62. The number of amidine groups is 1. The molecule has 26 heavy (non-hydrogen) atoms. The first-order chi connectivity index (χ1) is 12.7. The van der Waals surface area contributed by atoms with Crippen LogP contribution in [0.3, 0.4) is 0 Å². The molecule has 3 atom stereocenters. The number of nitrogens with zero attached hydrogens (tertiary/aromatic N) is 3. The second kappa shape index (κ2) is 7.19. The van der Waals surface area contributed by atoms with E-state index in [4.69, 9.17) is 14.5 Å². The van der Waals surface area contributed by atoms with Crippen molar-refractivity contribution in [2.24, 2.45) is 4.99 Å². The molecule has 0 spiro atoms. The van der Waals surface area contributed by atoms with Gasteiger partial charge in [0, 0.05) is 18.0 Å². The molecule has 1 aromatic heterocycles. The van der Waals surface area contributed by atoms with Crippen LogP contribution in [-0.2, 0) is 0 Å². The number of pyridine rings is 1. The first-order valence-electron chi connectivity index (χ1n) is 8.94. The van der Waals surface area contributed by atoms with Crippen LogP contribution in [0, 0.1) is 0 Å². The van der Waals surface area contributed by atoms with Crippen molar-refractivity contribution in [2.75, 3.05) is 20.3 Å². The third-order valence-corrected chi connectivity index (χ3v) is 5.81. The molecule has 0 saturated carbocycles. The molecular weight excluding hydrogens is 346 g/mol. The molecule has 1 fully saturated rings. The monoisotopic (exact) mass is 369 g/mol. The third-order valence-electron chi connectivity index (χ3n) is 4.71. The quantitative estimate of drug-likeness (QED) is 0.795. The molecular formula is C20H23N3O2S. The predicted octanol–water partition coefficient (Wildman–Crippen LogP) is 4.08. The summed E-state index contributed by atoms with van der Waals surface area (Å²) in [4.78, 5) is 12.0. The average Bonchev–Trinajstić information content (AvgIpc) is 3.19. The van der Waals surface area contributed by atoms with E-state index in [1.165, 1.54) is 5.56 Å². The van der Waals surface area contributed by atoms with Crippen LogP contribution in [0.2, 0.25) is 0 Å². The minimum atomic E-state index is -0.00569. The van der Waals surface area contributed by atoms with Gasteiger partial charge in [-0.15, -0.1) is 0 Å². The van der Waals surface area contributed by atoms with Crippen LogP contribution in [0.4, 0.5) is 0 Å². The lowest BCUT2D eigenvalue weighted by Crippen LogP contribution is -2.28. The van der Waals surface area contributed by atoms with Gasteiger partial charge < -0.3 is 14.4 Å². The zero-order chi connectivity index (χ0) is 18.1. The number of ether oxygens (including phenoxy) is 2. The first-order valence-corrected chi connectivity index (χ1v) is 9.82. The zero-order valence-electron chi connectivity index (χ0n) is 15.3. The van der Waals surface area contributed by atoms with Crippen molar-refractivity contribution in [3.63, 3.8) is 0 Å². The van der Waals surface area contributed by atoms with Gasteiger partial charge in [0.05, 0.1) is 25.5 Å². The Kier molecular flexibility index (Phi) is 4.76. The molecule has 3 heterocycles. The van der Waals surface area contributed by atoms with Gasteiger partial charge in [-0.2, -0.15) is 0 Å². The van der Waals surface area contributed by atoms with Gasteiger partial charge in [0.1, 0.15) is 6.04 Å². The van der Waals surface area contributed by atoms with E-state index in [9.17, 15) is 0 Å². The maximum atomic E-state index is 5.68. The molecule has 0 N–H and O–H groups in total. The number of aliphatic imine (C=N–C) groups is 1. The van der Waals surface area contributed by atoms with E-state index in [1.807, 2.05) is 43.1 Å². The fourth-order valence-corrected chi connectivity index (χ4v) is 4.71. The molecule has 4 rings (SSSR count). The van der Waals surface area contributed by atoms with E-state index in [0.29, 0.717) is 11.9 Å². The minimum Gasteiger partial charge on any atom is -0.493 e. The van der Waals surface area contributed by atoms with Gasteiger partial charge in [-0.25, -0.2) is 0 Å². The Balaban J connectivity index is 1.75. The number of methoxy groups -OCH3 is 1. The number of fused-ring (bicyclic) bond motifs is 1. The number of benzene rings is 1.